The van der Waals surface area contributed by atoms with Crippen LogP contribution in [0.1, 0.15) is 29.5 Å². The molecule has 0 bridgehead atoms. The molecule has 0 fully saturated rings. The molecule has 0 heterocycles. The summed E-state index contributed by atoms with van der Waals surface area (Å²) in [4.78, 5) is 0. The van der Waals surface area contributed by atoms with Crippen LogP contribution in [-0.2, 0) is 12.8 Å². The Labute approximate surface area is 77.8 Å². The first-order valence-corrected chi connectivity index (χ1v) is 4.73. The van der Waals surface area contributed by atoms with E-state index in [0.717, 1.165) is 42.4 Å². The summed E-state index contributed by atoms with van der Waals surface area (Å²) >= 11 is 0. The third-order valence-corrected chi connectivity index (χ3v) is 2.79. The van der Waals surface area contributed by atoms with E-state index in [2.05, 4.69) is 0 Å². The van der Waals surface area contributed by atoms with Gasteiger partial charge in [0, 0.05) is 11.1 Å². The van der Waals surface area contributed by atoms with Gasteiger partial charge in [-0.25, -0.2) is 0 Å². The molecule has 0 saturated carbocycles. The number of benzene rings is 1. The fourth-order valence-corrected chi connectivity index (χ4v) is 2.05. The molecule has 1 aromatic rings. The topological polar surface area (TPSA) is 40.5 Å². The highest BCUT2D eigenvalue weighted by Crippen LogP contribution is 2.37. The van der Waals surface area contributed by atoms with Crippen LogP contribution in [0.4, 0.5) is 0 Å². The van der Waals surface area contributed by atoms with Crippen molar-refractivity contribution in [1.82, 2.24) is 0 Å². The molecule has 0 aliphatic heterocycles. The van der Waals surface area contributed by atoms with Gasteiger partial charge in [-0.15, -0.1) is 0 Å². The van der Waals surface area contributed by atoms with Crippen LogP contribution in [0.25, 0.3) is 0 Å². The van der Waals surface area contributed by atoms with Gasteiger partial charge < -0.3 is 10.2 Å². The number of hydrogen-bond donors (Lipinski definition) is 2. The first kappa shape index (κ1) is 8.42. The normalized spacial score (nSPS) is 15.5. The number of hydrogen-bond acceptors (Lipinski definition) is 2. The Morgan fingerprint density at radius 3 is 2.38 bits per heavy atom. The van der Waals surface area contributed by atoms with Crippen LogP contribution >= 0.6 is 0 Å². The lowest BCUT2D eigenvalue weighted by atomic mass is 9.89. The fraction of sp³-hybridized carbons (Fsp3) is 0.455. The highest BCUT2D eigenvalue weighted by molar-refractivity contribution is 5.52. The van der Waals surface area contributed by atoms with Gasteiger partial charge in [-0.1, -0.05) is 0 Å². The van der Waals surface area contributed by atoms with Crippen molar-refractivity contribution >= 4 is 0 Å². The molecule has 0 unspecified atom stereocenters. The lowest BCUT2D eigenvalue weighted by Gasteiger charge is -2.19. The Hall–Kier alpha value is -1.18. The highest BCUT2D eigenvalue weighted by Gasteiger charge is 2.18. The molecule has 1 aromatic carbocycles. The summed E-state index contributed by atoms with van der Waals surface area (Å²) in [6.45, 7) is 1.82. The minimum absolute atomic E-state index is 0.352. The monoisotopic (exact) mass is 178 g/mol. The van der Waals surface area contributed by atoms with Gasteiger partial charge in [0.05, 0.1) is 0 Å². The van der Waals surface area contributed by atoms with Gasteiger partial charge in [-0.3, -0.25) is 0 Å². The van der Waals surface area contributed by atoms with E-state index < -0.39 is 0 Å². The van der Waals surface area contributed by atoms with E-state index in [0.29, 0.717) is 11.5 Å². The van der Waals surface area contributed by atoms with Crippen LogP contribution in [0.5, 0.6) is 11.5 Å². The zero-order valence-corrected chi connectivity index (χ0v) is 7.80. The second-order valence-electron chi connectivity index (χ2n) is 3.73. The standard InChI is InChI=1S/C11H14O2/c1-7-6-10(12)8-4-2-3-5-9(8)11(7)13/h6,12-13H,2-5H2,1H3. The van der Waals surface area contributed by atoms with E-state index in [-0.39, 0.29) is 0 Å². The van der Waals surface area contributed by atoms with Crippen LogP contribution in [-0.4, -0.2) is 10.2 Å². The second-order valence-corrected chi connectivity index (χ2v) is 3.73. The lowest BCUT2D eigenvalue weighted by molar-refractivity contribution is 0.436. The Kier molecular flexibility index (Phi) is 1.91. The Balaban J connectivity index is 2.63. The van der Waals surface area contributed by atoms with Gasteiger partial charge in [0.15, 0.2) is 0 Å². The maximum absolute atomic E-state index is 9.76. The van der Waals surface area contributed by atoms with E-state index >= 15 is 0 Å². The average molecular weight is 178 g/mol. The molecule has 0 amide bonds. The molecule has 2 N–H and O–H groups in total. The van der Waals surface area contributed by atoms with Gasteiger partial charge in [0.1, 0.15) is 11.5 Å². The molecule has 0 radical (unpaired) electrons. The predicted molar refractivity (Wildman–Crippen MR) is 51.2 cm³/mol. The maximum Gasteiger partial charge on any atom is 0.122 e. The molecule has 0 aromatic heterocycles. The van der Waals surface area contributed by atoms with Crippen molar-refractivity contribution in [2.45, 2.75) is 32.6 Å². The van der Waals surface area contributed by atoms with Gasteiger partial charge in [-0.2, -0.15) is 0 Å². The summed E-state index contributed by atoms with van der Waals surface area (Å²) in [5.74, 6) is 0.734. The van der Waals surface area contributed by atoms with Crippen LogP contribution in [0.3, 0.4) is 0 Å². The van der Waals surface area contributed by atoms with Crippen molar-refractivity contribution in [3.8, 4) is 11.5 Å². The molecule has 70 valence electrons. The van der Waals surface area contributed by atoms with E-state index in [1.807, 2.05) is 6.92 Å². The van der Waals surface area contributed by atoms with Crippen molar-refractivity contribution in [2.75, 3.05) is 0 Å². The Morgan fingerprint density at radius 2 is 1.69 bits per heavy atom. The number of phenols is 2. The van der Waals surface area contributed by atoms with Crippen molar-refractivity contribution in [1.29, 1.82) is 0 Å². The van der Waals surface area contributed by atoms with Crippen molar-refractivity contribution in [3.05, 3.63) is 22.8 Å². The molecule has 2 nitrogen and oxygen atoms in total. The summed E-state index contributed by atoms with van der Waals surface area (Å²) in [6, 6.07) is 1.65. The summed E-state index contributed by atoms with van der Waals surface area (Å²) in [5, 5.41) is 19.4. The third kappa shape index (κ3) is 1.26. The first-order chi connectivity index (χ1) is 6.20. The molecule has 13 heavy (non-hydrogen) atoms. The maximum atomic E-state index is 9.76. The number of aromatic hydroxyl groups is 2. The fourth-order valence-electron chi connectivity index (χ4n) is 2.05. The third-order valence-electron chi connectivity index (χ3n) is 2.79. The number of rotatable bonds is 0. The van der Waals surface area contributed by atoms with Gasteiger partial charge in [-0.05, 0) is 44.2 Å². The van der Waals surface area contributed by atoms with Crippen LogP contribution in [0.15, 0.2) is 6.07 Å². The molecule has 2 rings (SSSR count). The summed E-state index contributed by atoms with van der Waals surface area (Å²) in [5.41, 5.74) is 2.69. The van der Waals surface area contributed by atoms with Gasteiger partial charge >= 0.3 is 0 Å². The first-order valence-electron chi connectivity index (χ1n) is 4.73. The quantitative estimate of drug-likeness (QED) is 0.598. The molecule has 1 aliphatic rings. The minimum atomic E-state index is 0.352. The molecule has 0 spiro atoms. The van der Waals surface area contributed by atoms with E-state index in [4.69, 9.17) is 0 Å². The van der Waals surface area contributed by atoms with E-state index in [1.54, 1.807) is 6.07 Å². The predicted octanol–water partition coefficient (Wildman–Crippen LogP) is 2.29. The van der Waals surface area contributed by atoms with Crippen LogP contribution < -0.4 is 0 Å². The molecular weight excluding hydrogens is 164 g/mol. The SMILES string of the molecule is Cc1cc(O)c2c(c1O)CCCC2. The van der Waals surface area contributed by atoms with E-state index in [1.165, 1.54) is 0 Å². The van der Waals surface area contributed by atoms with Crippen LogP contribution in [0.2, 0.25) is 0 Å². The van der Waals surface area contributed by atoms with Crippen molar-refractivity contribution in [2.24, 2.45) is 0 Å². The number of fused-ring (bicyclic) bond motifs is 1. The van der Waals surface area contributed by atoms with Crippen molar-refractivity contribution in [3.63, 3.8) is 0 Å². The highest BCUT2D eigenvalue weighted by atomic mass is 16.3. The zero-order valence-electron chi connectivity index (χ0n) is 7.80. The van der Waals surface area contributed by atoms with Crippen molar-refractivity contribution < 1.29 is 10.2 Å². The minimum Gasteiger partial charge on any atom is -0.508 e. The summed E-state index contributed by atoms with van der Waals surface area (Å²) < 4.78 is 0. The largest absolute Gasteiger partial charge is 0.508 e. The summed E-state index contributed by atoms with van der Waals surface area (Å²) in [7, 11) is 0. The molecule has 0 atom stereocenters. The van der Waals surface area contributed by atoms with E-state index in [9.17, 15) is 10.2 Å². The lowest BCUT2D eigenvalue weighted by Crippen LogP contribution is -2.03. The molecule has 0 saturated heterocycles. The molecular formula is C11H14O2. The Morgan fingerprint density at radius 1 is 1.08 bits per heavy atom. The summed E-state index contributed by atoms with van der Waals surface area (Å²) in [6.07, 6.45) is 4.03. The van der Waals surface area contributed by atoms with Gasteiger partial charge in [0.2, 0.25) is 0 Å². The number of phenolic OH excluding ortho intramolecular Hbond substituents is 2. The molecule has 1 aliphatic carbocycles. The van der Waals surface area contributed by atoms with Crippen LogP contribution in [0, 0.1) is 6.92 Å². The average Bonchev–Trinajstić information content (AvgIpc) is 2.15. The number of aryl methyl sites for hydroxylation is 1. The zero-order chi connectivity index (χ0) is 9.42. The molecule has 2 heteroatoms. The van der Waals surface area contributed by atoms with Gasteiger partial charge in [0.25, 0.3) is 0 Å². The smallest absolute Gasteiger partial charge is 0.122 e. The second kappa shape index (κ2) is 2.95. The Bertz CT molecular complexity index is 342.